The largest absolute Gasteiger partial charge is 0.467 e. The second-order valence-corrected chi connectivity index (χ2v) is 5.50. The molecule has 23 heavy (non-hydrogen) atoms. The van der Waals surface area contributed by atoms with E-state index in [9.17, 15) is 9.59 Å². The van der Waals surface area contributed by atoms with Gasteiger partial charge < -0.3 is 20.4 Å². The third kappa shape index (κ3) is 3.27. The van der Waals surface area contributed by atoms with Crippen molar-refractivity contribution in [2.24, 2.45) is 5.73 Å². The number of carbonyl (C=O) groups excluding carboxylic acids is 2. The molecule has 1 atom stereocenters. The van der Waals surface area contributed by atoms with Gasteiger partial charge in [-0.3, -0.25) is 9.59 Å². The van der Waals surface area contributed by atoms with Gasteiger partial charge in [-0.25, -0.2) is 0 Å². The van der Waals surface area contributed by atoms with Crippen molar-refractivity contribution >= 4 is 17.5 Å². The number of benzene rings is 1. The maximum atomic E-state index is 12.6. The Morgan fingerprint density at radius 2 is 2.13 bits per heavy atom. The van der Waals surface area contributed by atoms with Crippen LogP contribution in [0.15, 0.2) is 47.1 Å². The Bertz CT molecular complexity index is 696. The van der Waals surface area contributed by atoms with Crippen LogP contribution in [0.25, 0.3) is 0 Å². The lowest BCUT2D eigenvalue weighted by Gasteiger charge is -2.32. The van der Waals surface area contributed by atoms with Gasteiger partial charge in [-0.05, 0) is 31.0 Å². The molecule has 2 aromatic rings. The van der Waals surface area contributed by atoms with Gasteiger partial charge in [0.2, 0.25) is 5.91 Å². The van der Waals surface area contributed by atoms with Crippen LogP contribution in [-0.4, -0.2) is 24.4 Å². The van der Waals surface area contributed by atoms with Crippen molar-refractivity contribution in [1.82, 2.24) is 5.32 Å². The first kappa shape index (κ1) is 15.3. The molecule has 2 amide bonds. The van der Waals surface area contributed by atoms with E-state index in [4.69, 9.17) is 10.2 Å². The average Bonchev–Trinajstić information content (AvgIpc) is 3.07. The number of para-hydroxylation sites is 1. The van der Waals surface area contributed by atoms with E-state index in [1.807, 2.05) is 30.3 Å². The predicted octanol–water partition coefficient (Wildman–Crippen LogP) is 1.66. The van der Waals surface area contributed by atoms with E-state index in [0.717, 1.165) is 12.1 Å². The second kappa shape index (κ2) is 6.66. The minimum atomic E-state index is -0.521. The summed E-state index contributed by atoms with van der Waals surface area (Å²) < 4.78 is 5.16. The Balaban J connectivity index is 1.70. The van der Waals surface area contributed by atoms with Gasteiger partial charge in [0, 0.05) is 12.2 Å². The number of carbonyl (C=O) groups is 2. The van der Waals surface area contributed by atoms with Crippen molar-refractivity contribution in [2.75, 3.05) is 11.4 Å². The first-order valence-corrected chi connectivity index (χ1v) is 7.64. The molecule has 0 bridgehead atoms. The number of rotatable bonds is 4. The fourth-order valence-corrected chi connectivity index (χ4v) is 2.72. The number of anilines is 1. The Hall–Kier alpha value is -2.60. The van der Waals surface area contributed by atoms with Crippen LogP contribution in [0.3, 0.4) is 0 Å². The quantitative estimate of drug-likeness (QED) is 0.898. The molecule has 1 aliphatic heterocycles. The predicted molar refractivity (Wildman–Crippen MR) is 85.9 cm³/mol. The van der Waals surface area contributed by atoms with Crippen LogP contribution >= 0.6 is 0 Å². The number of piperidine rings is 1. The van der Waals surface area contributed by atoms with Crippen molar-refractivity contribution in [3.8, 4) is 0 Å². The lowest BCUT2D eigenvalue weighted by molar-refractivity contribution is -0.121. The Morgan fingerprint density at radius 1 is 1.35 bits per heavy atom. The van der Waals surface area contributed by atoms with Crippen LogP contribution in [0, 0.1) is 0 Å². The van der Waals surface area contributed by atoms with E-state index < -0.39 is 6.04 Å². The van der Waals surface area contributed by atoms with Gasteiger partial charge in [0.05, 0.1) is 12.1 Å². The molecule has 1 fully saturated rings. The van der Waals surface area contributed by atoms with Crippen LogP contribution in [0.1, 0.15) is 29.0 Å². The Morgan fingerprint density at radius 3 is 2.83 bits per heavy atom. The lowest BCUT2D eigenvalue weighted by atomic mass is 10.0. The summed E-state index contributed by atoms with van der Waals surface area (Å²) in [7, 11) is 0. The minimum absolute atomic E-state index is 0.0849. The summed E-state index contributed by atoms with van der Waals surface area (Å²) in [5.41, 5.74) is 6.70. The summed E-state index contributed by atoms with van der Waals surface area (Å²) in [5.74, 6) is 0.135. The molecular weight excluding hydrogens is 294 g/mol. The smallest absolute Gasteiger partial charge is 0.255 e. The maximum absolute atomic E-state index is 12.6. The summed E-state index contributed by atoms with van der Waals surface area (Å²) in [6, 6.07) is 10.6. The molecular formula is C17H19N3O3. The summed E-state index contributed by atoms with van der Waals surface area (Å²) in [4.78, 5) is 26.6. The number of hydrogen-bond acceptors (Lipinski definition) is 4. The zero-order chi connectivity index (χ0) is 16.2. The molecule has 1 aliphatic rings. The average molecular weight is 313 g/mol. The zero-order valence-electron chi connectivity index (χ0n) is 12.7. The molecule has 0 aliphatic carbocycles. The SMILES string of the molecule is NCc1cc(C(=O)NC2CCCN(c3ccccc3)C2=O)co1. The molecule has 1 aromatic heterocycles. The first-order chi connectivity index (χ1) is 11.2. The summed E-state index contributed by atoms with van der Waals surface area (Å²) in [6.07, 6.45) is 2.83. The fourth-order valence-electron chi connectivity index (χ4n) is 2.72. The summed E-state index contributed by atoms with van der Waals surface area (Å²) in [5, 5.41) is 2.79. The molecule has 3 rings (SSSR count). The fraction of sp³-hybridized carbons (Fsp3) is 0.294. The van der Waals surface area contributed by atoms with Crippen molar-refractivity contribution in [3.05, 3.63) is 54.0 Å². The minimum Gasteiger partial charge on any atom is -0.467 e. The van der Waals surface area contributed by atoms with Gasteiger partial charge in [0.25, 0.3) is 5.91 Å². The molecule has 6 heteroatoms. The monoisotopic (exact) mass is 313 g/mol. The summed E-state index contributed by atoms with van der Waals surface area (Å²) >= 11 is 0. The van der Waals surface area contributed by atoms with Gasteiger partial charge in [-0.1, -0.05) is 18.2 Å². The third-order valence-corrected chi connectivity index (χ3v) is 3.93. The van der Waals surface area contributed by atoms with Crippen molar-refractivity contribution in [1.29, 1.82) is 0 Å². The molecule has 1 aromatic carbocycles. The molecule has 2 heterocycles. The van der Waals surface area contributed by atoms with E-state index >= 15 is 0 Å². The Kier molecular flexibility index (Phi) is 4.43. The maximum Gasteiger partial charge on any atom is 0.255 e. The number of amides is 2. The molecule has 0 radical (unpaired) electrons. The van der Waals surface area contributed by atoms with Gasteiger partial charge in [-0.15, -0.1) is 0 Å². The van der Waals surface area contributed by atoms with Crippen LogP contribution < -0.4 is 16.0 Å². The summed E-state index contributed by atoms with van der Waals surface area (Å²) in [6.45, 7) is 0.898. The number of nitrogens with zero attached hydrogens (tertiary/aromatic N) is 1. The standard InChI is InChI=1S/C17H19N3O3/c18-10-14-9-12(11-23-14)16(21)19-15-7-4-8-20(17(15)22)13-5-2-1-3-6-13/h1-3,5-6,9,11,15H,4,7-8,10,18H2,(H,19,21). The van der Waals surface area contributed by atoms with E-state index in [-0.39, 0.29) is 18.4 Å². The molecule has 120 valence electrons. The second-order valence-electron chi connectivity index (χ2n) is 5.50. The van der Waals surface area contributed by atoms with E-state index in [0.29, 0.717) is 24.3 Å². The first-order valence-electron chi connectivity index (χ1n) is 7.64. The third-order valence-electron chi connectivity index (χ3n) is 3.93. The van der Waals surface area contributed by atoms with Crippen LogP contribution in [0.5, 0.6) is 0 Å². The lowest BCUT2D eigenvalue weighted by Crippen LogP contribution is -2.52. The van der Waals surface area contributed by atoms with Gasteiger partial charge in [-0.2, -0.15) is 0 Å². The molecule has 6 nitrogen and oxygen atoms in total. The number of nitrogens with two attached hydrogens (primary N) is 1. The highest BCUT2D eigenvalue weighted by Gasteiger charge is 2.31. The van der Waals surface area contributed by atoms with Crippen LogP contribution in [0.4, 0.5) is 5.69 Å². The van der Waals surface area contributed by atoms with E-state index in [1.54, 1.807) is 11.0 Å². The molecule has 0 spiro atoms. The Labute approximate surface area is 134 Å². The van der Waals surface area contributed by atoms with Crippen molar-refractivity contribution in [2.45, 2.75) is 25.4 Å². The van der Waals surface area contributed by atoms with Crippen molar-refractivity contribution < 1.29 is 14.0 Å². The van der Waals surface area contributed by atoms with Gasteiger partial charge in [0.1, 0.15) is 18.1 Å². The number of nitrogens with one attached hydrogen (secondary N) is 1. The van der Waals surface area contributed by atoms with Crippen LogP contribution in [0.2, 0.25) is 0 Å². The highest BCUT2D eigenvalue weighted by Crippen LogP contribution is 2.21. The van der Waals surface area contributed by atoms with Crippen molar-refractivity contribution in [3.63, 3.8) is 0 Å². The van der Waals surface area contributed by atoms with E-state index in [2.05, 4.69) is 5.32 Å². The molecule has 1 saturated heterocycles. The molecule has 0 saturated carbocycles. The molecule has 1 unspecified atom stereocenters. The van der Waals surface area contributed by atoms with E-state index in [1.165, 1.54) is 6.26 Å². The van der Waals surface area contributed by atoms with Gasteiger partial charge >= 0.3 is 0 Å². The van der Waals surface area contributed by atoms with Gasteiger partial charge in [0.15, 0.2) is 0 Å². The normalized spacial score (nSPS) is 18.0. The highest BCUT2D eigenvalue weighted by atomic mass is 16.3. The molecule has 3 N–H and O–H groups in total. The zero-order valence-corrected chi connectivity index (χ0v) is 12.7. The highest BCUT2D eigenvalue weighted by molar-refractivity contribution is 6.02. The topological polar surface area (TPSA) is 88.6 Å². The number of furan rings is 1. The van der Waals surface area contributed by atoms with Crippen LogP contribution in [-0.2, 0) is 11.3 Å². The number of hydrogen-bond donors (Lipinski definition) is 2.